The molecule has 0 amide bonds. The fourth-order valence-corrected chi connectivity index (χ4v) is 2.51. The van der Waals surface area contributed by atoms with Crippen LogP contribution in [-0.2, 0) is 0 Å². The molecule has 0 aromatic carbocycles. The van der Waals surface area contributed by atoms with E-state index in [9.17, 15) is 5.11 Å². The van der Waals surface area contributed by atoms with Gasteiger partial charge in [-0.25, -0.2) is 0 Å². The van der Waals surface area contributed by atoms with Crippen molar-refractivity contribution in [1.82, 2.24) is 4.90 Å². The number of hydrogen-bond acceptors (Lipinski definition) is 2. The minimum absolute atomic E-state index is 0.503. The van der Waals surface area contributed by atoms with Gasteiger partial charge in [0, 0.05) is 19.6 Å². The van der Waals surface area contributed by atoms with Crippen molar-refractivity contribution in [1.29, 1.82) is 0 Å². The Morgan fingerprint density at radius 3 is 2.21 bits per heavy atom. The lowest BCUT2D eigenvalue weighted by Crippen LogP contribution is -2.46. The number of nitrogens with zero attached hydrogens (tertiary/aromatic N) is 1. The van der Waals surface area contributed by atoms with Crippen molar-refractivity contribution < 1.29 is 5.11 Å². The molecule has 0 aromatic heterocycles. The van der Waals surface area contributed by atoms with E-state index in [0.29, 0.717) is 0 Å². The molecule has 84 valence electrons. The maximum atomic E-state index is 10.0. The smallest absolute Gasteiger partial charge is 0.0743 e. The van der Waals surface area contributed by atoms with Crippen molar-refractivity contribution in [2.75, 3.05) is 19.6 Å². The number of β-amino-alcohol motifs (C(OH)–C–C–N with tert-alkyl or cyclic N) is 1. The lowest BCUT2D eigenvalue weighted by atomic mass is 9.90. The van der Waals surface area contributed by atoms with E-state index in [4.69, 9.17) is 0 Å². The predicted octanol–water partition coefficient (Wildman–Crippen LogP) is 2.13. The van der Waals surface area contributed by atoms with Gasteiger partial charge in [0.1, 0.15) is 0 Å². The van der Waals surface area contributed by atoms with E-state index < -0.39 is 5.60 Å². The van der Waals surface area contributed by atoms with Gasteiger partial charge in [-0.15, -0.1) is 0 Å². The first-order valence-electron chi connectivity index (χ1n) is 5.87. The van der Waals surface area contributed by atoms with Crippen LogP contribution in [-0.4, -0.2) is 35.2 Å². The summed E-state index contributed by atoms with van der Waals surface area (Å²) in [5.74, 6) is 1.57. The minimum Gasteiger partial charge on any atom is -0.389 e. The molecule has 1 fully saturated rings. The highest BCUT2D eigenvalue weighted by Gasteiger charge is 2.27. The molecule has 0 saturated carbocycles. The van der Waals surface area contributed by atoms with Gasteiger partial charge in [-0.05, 0) is 31.6 Å². The third kappa shape index (κ3) is 3.58. The zero-order valence-corrected chi connectivity index (χ0v) is 10.1. The van der Waals surface area contributed by atoms with Gasteiger partial charge in [0.05, 0.1) is 5.60 Å². The zero-order chi connectivity index (χ0) is 10.8. The molecule has 3 unspecified atom stereocenters. The van der Waals surface area contributed by atoms with Crippen LogP contribution in [0, 0.1) is 11.8 Å². The maximum absolute atomic E-state index is 10.0. The Balaban J connectivity index is 2.44. The predicted molar refractivity (Wildman–Crippen MR) is 60.3 cm³/mol. The molecule has 1 N–H and O–H groups in total. The van der Waals surface area contributed by atoms with E-state index in [1.807, 2.05) is 6.92 Å². The van der Waals surface area contributed by atoms with E-state index in [-0.39, 0.29) is 0 Å². The SMILES string of the molecule is CCC(C)(O)CN1CC(C)CC(C)C1. The van der Waals surface area contributed by atoms with Crippen molar-refractivity contribution in [2.45, 2.75) is 46.1 Å². The number of aliphatic hydroxyl groups is 1. The summed E-state index contributed by atoms with van der Waals surface area (Å²) in [7, 11) is 0. The van der Waals surface area contributed by atoms with Gasteiger partial charge >= 0.3 is 0 Å². The Labute approximate surface area is 88.3 Å². The van der Waals surface area contributed by atoms with Crippen LogP contribution in [0.3, 0.4) is 0 Å². The maximum Gasteiger partial charge on any atom is 0.0743 e. The van der Waals surface area contributed by atoms with E-state index in [1.54, 1.807) is 0 Å². The summed E-state index contributed by atoms with van der Waals surface area (Å²) < 4.78 is 0. The molecule has 2 nitrogen and oxygen atoms in total. The highest BCUT2D eigenvalue weighted by Crippen LogP contribution is 2.23. The number of hydrogen-bond donors (Lipinski definition) is 1. The second-order valence-electron chi connectivity index (χ2n) is 5.49. The van der Waals surface area contributed by atoms with Gasteiger partial charge in [-0.3, -0.25) is 4.90 Å². The van der Waals surface area contributed by atoms with Crippen LogP contribution in [0.25, 0.3) is 0 Å². The minimum atomic E-state index is -0.503. The number of rotatable bonds is 3. The largest absolute Gasteiger partial charge is 0.389 e. The van der Waals surface area contributed by atoms with Crippen LogP contribution < -0.4 is 0 Å². The molecule has 3 atom stereocenters. The molecule has 0 bridgehead atoms. The van der Waals surface area contributed by atoms with Crippen molar-refractivity contribution in [3.05, 3.63) is 0 Å². The lowest BCUT2D eigenvalue weighted by Gasteiger charge is -2.38. The Kier molecular flexibility index (Phi) is 3.96. The first kappa shape index (κ1) is 12.0. The molecule has 1 heterocycles. The fraction of sp³-hybridized carbons (Fsp3) is 1.00. The molecule has 14 heavy (non-hydrogen) atoms. The first-order valence-corrected chi connectivity index (χ1v) is 5.87. The summed E-state index contributed by atoms with van der Waals surface area (Å²) in [6.45, 7) is 11.7. The second-order valence-corrected chi connectivity index (χ2v) is 5.49. The topological polar surface area (TPSA) is 23.5 Å². The number of likely N-dealkylation sites (tertiary alicyclic amines) is 1. The van der Waals surface area contributed by atoms with Crippen molar-refractivity contribution in [3.63, 3.8) is 0 Å². The average Bonchev–Trinajstić information content (AvgIpc) is 2.01. The molecule has 0 aromatic rings. The van der Waals surface area contributed by atoms with Crippen LogP contribution in [0.4, 0.5) is 0 Å². The molecule has 1 saturated heterocycles. The van der Waals surface area contributed by atoms with Crippen LogP contribution >= 0.6 is 0 Å². The Hall–Kier alpha value is -0.0800. The third-order valence-corrected chi connectivity index (χ3v) is 3.27. The van der Waals surface area contributed by atoms with Crippen LogP contribution in [0.5, 0.6) is 0 Å². The van der Waals surface area contributed by atoms with Gasteiger partial charge in [0.2, 0.25) is 0 Å². The number of piperidine rings is 1. The molecule has 1 aliphatic rings. The molecule has 0 radical (unpaired) electrons. The van der Waals surface area contributed by atoms with E-state index in [2.05, 4.69) is 25.7 Å². The standard InChI is InChI=1S/C12H25NO/c1-5-12(4,14)9-13-7-10(2)6-11(3)8-13/h10-11,14H,5-9H2,1-4H3. The van der Waals surface area contributed by atoms with Gasteiger partial charge in [-0.1, -0.05) is 20.8 Å². The molecule has 1 aliphatic heterocycles. The highest BCUT2D eigenvalue weighted by atomic mass is 16.3. The van der Waals surface area contributed by atoms with Crippen molar-refractivity contribution in [2.24, 2.45) is 11.8 Å². The average molecular weight is 199 g/mol. The Bertz CT molecular complexity index is 169. The normalized spacial score (nSPS) is 34.1. The summed E-state index contributed by atoms with van der Waals surface area (Å²) in [6, 6.07) is 0. The van der Waals surface area contributed by atoms with Gasteiger partial charge in [0.25, 0.3) is 0 Å². The van der Waals surface area contributed by atoms with Gasteiger partial charge in [-0.2, -0.15) is 0 Å². The van der Waals surface area contributed by atoms with Crippen molar-refractivity contribution in [3.8, 4) is 0 Å². The van der Waals surface area contributed by atoms with Crippen LogP contribution in [0.15, 0.2) is 0 Å². The molecular weight excluding hydrogens is 174 g/mol. The summed E-state index contributed by atoms with van der Waals surface area (Å²) in [5.41, 5.74) is -0.503. The summed E-state index contributed by atoms with van der Waals surface area (Å²) in [5, 5.41) is 10.0. The molecule has 1 rings (SSSR count). The fourth-order valence-electron chi connectivity index (χ4n) is 2.51. The molecular formula is C12H25NO. The van der Waals surface area contributed by atoms with Gasteiger partial charge in [0.15, 0.2) is 0 Å². The van der Waals surface area contributed by atoms with E-state index in [1.165, 1.54) is 6.42 Å². The summed E-state index contributed by atoms with van der Waals surface area (Å²) >= 11 is 0. The summed E-state index contributed by atoms with van der Waals surface area (Å²) in [6.07, 6.45) is 2.18. The van der Waals surface area contributed by atoms with Crippen LogP contribution in [0.1, 0.15) is 40.5 Å². The molecule has 2 heteroatoms. The van der Waals surface area contributed by atoms with E-state index in [0.717, 1.165) is 37.9 Å². The monoisotopic (exact) mass is 199 g/mol. The quantitative estimate of drug-likeness (QED) is 0.752. The zero-order valence-electron chi connectivity index (χ0n) is 10.1. The van der Waals surface area contributed by atoms with Crippen molar-refractivity contribution >= 4 is 0 Å². The van der Waals surface area contributed by atoms with Gasteiger partial charge < -0.3 is 5.11 Å². The second kappa shape index (κ2) is 4.63. The third-order valence-electron chi connectivity index (χ3n) is 3.27. The Morgan fingerprint density at radius 1 is 1.29 bits per heavy atom. The van der Waals surface area contributed by atoms with Crippen LogP contribution in [0.2, 0.25) is 0 Å². The lowest BCUT2D eigenvalue weighted by molar-refractivity contribution is -0.00217. The summed E-state index contributed by atoms with van der Waals surface area (Å²) in [4.78, 5) is 2.42. The van der Waals surface area contributed by atoms with E-state index >= 15 is 0 Å². The highest BCUT2D eigenvalue weighted by molar-refractivity contribution is 4.81. The Morgan fingerprint density at radius 2 is 1.79 bits per heavy atom. The first-order chi connectivity index (χ1) is 6.43. The molecule has 0 spiro atoms. The molecule has 0 aliphatic carbocycles.